The highest BCUT2D eigenvalue weighted by Crippen LogP contribution is 2.30. The van der Waals surface area contributed by atoms with Crippen molar-refractivity contribution in [2.45, 2.75) is 45.6 Å². The van der Waals surface area contributed by atoms with Crippen LogP contribution in [-0.4, -0.2) is 11.9 Å². The number of anilines is 1. The van der Waals surface area contributed by atoms with Gasteiger partial charge in [0.25, 0.3) is 5.91 Å². The van der Waals surface area contributed by atoms with Gasteiger partial charge in [0.15, 0.2) is 0 Å². The van der Waals surface area contributed by atoms with Crippen LogP contribution >= 0.6 is 11.6 Å². The molecular formula is C16H23ClN2O. The van der Waals surface area contributed by atoms with E-state index in [1.54, 1.807) is 18.2 Å². The van der Waals surface area contributed by atoms with E-state index >= 15 is 0 Å². The first-order chi connectivity index (χ1) is 9.49. The summed E-state index contributed by atoms with van der Waals surface area (Å²) in [6.45, 7) is 4.46. The molecule has 0 spiro atoms. The minimum Gasteiger partial charge on any atom is -0.398 e. The predicted octanol–water partition coefficient (Wildman–Crippen LogP) is 3.87. The molecule has 0 saturated heterocycles. The standard InChI is InChI=1S/C16H23ClN2O/c1-10(2)12-5-3-4-6-15(12)19-16(20)11-7-8-13(17)14(18)9-11/h7-10,12,15H,3-6,18H2,1-2H3,(H,19,20). The minimum atomic E-state index is -0.0501. The van der Waals surface area contributed by atoms with Crippen LogP contribution in [0, 0.1) is 11.8 Å². The molecule has 2 rings (SSSR count). The first-order valence-electron chi connectivity index (χ1n) is 7.35. The van der Waals surface area contributed by atoms with Gasteiger partial charge < -0.3 is 11.1 Å². The Morgan fingerprint density at radius 2 is 2.05 bits per heavy atom. The highest BCUT2D eigenvalue weighted by atomic mass is 35.5. The second-order valence-corrected chi connectivity index (χ2v) is 6.42. The molecule has 2 atom stereocenters. The van der Waals surface area contributed by atoms with Gasteiger partial charge in [-0.2, -0.15) is 0 Å². The van der Waals surface area contributed by atoms with Crippen LogP contribution in [0.15, 0.2) is 18.2 Å². The molecule has 20 heavy (non-hydrogen) atoms. The smallest absolute Gasteiger partial charge is 0.251 e. The Morgan fingerprint density at radius 1 is 1.35 bits per heavy atom. The molecule has 2 unspecified atom stereocenters. The molecule has 1 aliphatic rings. The number of halogens is 1. The molecule has 1 aromatic rings. The lowest BCUT2D eigenvalue weighted by Gasteiger charge is -2.34. The van der Waals surface area contributed by atoms with Gasteiger partial charge in [0.1, 0.15) is 0 Å². The summed E-state index contributed by atoms with van der Waals surface area (Å²) in [5.74, 6) is 1.11. The van der Waals surface area contributed by atoms with E-state index in [1.165, 1.54) is 19.3 Å². The summed E-state index contributed by atoms with van der Waals surface area (Å²) in [5.41, 5.74) is 6.79. The number of nitrogens with two attached hydrogens (primary N) is 1. The average Bonchev–Trinajstić information content (AvgIpc) is 2.42. The number of rotatable bonds is 3. The van der Waals surface area contributed by atoms with Crippen LogP contribution in [0.1, 0.15) is 49.9 Å². The molecule has 0 radical (unpaired) electrons. The van der Waals surface area contributed by atoms with Crippen molar-refractivity contribution in [1.82, 2.24) is 5.32 Å². The quantitative estimate of drug-likeness (QED) is 0.832. The van der Waals surface area contributed by atoms with Crippen molar-refractivity contribution in [3.63, 3.8) is 0 Å². The average molecular weight is 295 g/mol. The van der Waals surface area contributed by atoms with Gasteiger partial charge in [-0.3, -0.25) is 4.79 Å². The molecule has 1 aliphatic carbocycles. The number of hydrogen-bond acceptors (Lipinski definition) is 2. The van der Waals surface area contributed by atoms with E-state index in [9.17, 15) is 4.79 Å². The van der Waals surface area contributed by atoms with Gasteiger partial charge in [-0.1, -0.05) is 38.3 Å². The third-order valence-electron chi connectivity index (χ3n) is 4.25. The number of benzene rings is 1. The Bertz CT molecular complexity index is 487. The second-order valence-electron chi connectivity index (χ2n) is 6.01. The fraction of sp³-hybridized carbons (Fsp3) is 0.562. The summed E-state index contributed by atoms with van der Waals surface area (Å²) in [4.78, 5) is 12.3. The minimum absolute atomic E-state index is 0.0501. The Labute approximate surface area is 125 Å². The van der Waals surface area contributed by atoms with E-state index < -0.39 is 0 Å². The van der Waals surface area contributed by atoms with Crippen LogP contribution in [-0.2, 0) is 0 Å². The fourth-order valence-corrected chi connectivity index (χ4v) is 3.19. The lowest BCUT2D eigenvalue weighted by molar-refractivity contribution is 0.0889. The predicted molar refractivity (Wildman–Crippen MR) is 83.9 cm³/mol. The van der Waals surface area contributed by atoms with E-state index in [0.717, 1.165) is 6.42 Å². The molecule has 110 valence electrons. The van der Waals surface area contributed by atoms with Crippen LogP contribution in [0.4, 0.5) is 5.69 Å². The van der Waals surface area contributed by atoms with E-state index in [0.29, 0.717) is 28.1 Å². The zero-order chi connectivity index (χ0) is 14.7. The van der Waals surface area contributed by atoms with Gasteiger partial charge in [0, 0.05) is 11.6 Å². The van der Waals surface area contributed by atoms with Gasteiger partial charge in [-0.25, -0.2) is 0 Å². The van der Waals surface area contributed by atoms with Crippen molar-refractivity contribution in [1.29, 1.82) is 0 Å². The number of amides is 1. The molecule has 3 N–H and O–H groups in total. The largest absolute Gasteiger partial charge is 0.398 e. The molecule has 4 heteroatoms. The summed E-state index contributed by atoms with van der Waals surface area (Å²) < 4.78 is 0. The summed E-state index contributed by atoms with van der Waals surface area (Å²) in [6, 6.07) is 5.31. The van der Waals surface area contributed by atoms with Crippen LogP contribution in [0.3, 0.4) is 0 Å². The number of nitrogen functional groups attached to an aromatic ring is 1. The molecule has 0 heterocycles. The molecular weight excluding hydrogens is 272 g/mol. The molecule has 0 aromatic heterocycles. The van der Waals surface area contributed by atoms with Crippen molar-refractivity contribution in [2.75, 3.05) is 5.73 Å². The SMILES string of the molecule is CC(C)C1CCCCC1NC(=O)c1ccc(Cl)c(N)c1. The van der Waals surface area contributed by atoms with E-state index in [-0.39, 0.29) is 11.9 Å². The van der Waals surface area contributed by atoms with Gasteiger partial charge in [-0.15, -0.1) is 0 Å². The summed E-state index contributed by atoms with van der Waals surface area (Å²) in [6.07, 6.45) is 4.73. The number of carbonyl (C=O) groups excluding carboxylic acids is 1. The number of carbonyl (C=O) groups is 1. The van der Waals surface area contributed by atoms with Crippen molar-refractivity contribution >= 4 is 23.2 Å². The second kappa shape index (κ2) is 6.49. The third-order valence-corrected chi connectivity index (χ3v) is 4.59. The van der Waals surface area contributed by atoms with Crippen molar-refractivity contribution in [3.05, 3.63) is 28.8 Å². The maximum Gasteiger partial charge on any atom is 0.251 e. The summed E-state index contributed by atoms with van der Waals surface area (Å²) in [5, 5.41) is 3.66. The highest BCUT2D eigenvalue weighted by Gasteiger charge is 2.28. The molecule has 3 nitrogen and oxygen atoms in total. The van der Waals surface area contributed by atoms with Crippen molar-refractivity contribution in [3.8, 4) is 0 Å². The maximum absolute atomic E-state index is 12.3. The monoisotopic (exact) mass is 294 g/mol. The number of hydrogen-bond donors (Lipinski definition) is 2. The Balaban J connectivity index is 2.07. The van der Waals surface area contributed by atoms with Gasteiger partial charge in [0.2, 0.25) is 0 Å². The zero-order valence-corrected chi connectivity index (χ0v) is 12.9. The molecule has 1 amide bonds. The van der Waals surface area contributed by atoms with Gasteiger partial charge in [0.05, 0.1) is 10.7 Å². The molecule has 1 saturated carbocycles. The maximum atomic E-state index is 12.3. The Kier molecular flexibility index (Phi) is 4.92. The van der Waals surface area contributed by atoms with Crippen molar-refractivity contribution < 1.29 is 4.79 Å². The van der Waals surface area contributed by atoms with Gasteiger partial charge >= 0.3 is 0 Å². The Morgan fingerprint density at radius 3 is 2.70 bits per heavy atom. The normalized spacial score (nSPS) is 22.8. The molecule has 0 bridgehead atoms. The first-order valence-corrected chi connectivity index (χ1v) is 7.72. The molecule has 0 aliphatic heterocycles. The molecule has 1 aromatic carbocycles. The lowest BCUT2D eigenvalue weighted by atomic mass is 9.78. The summed E-state index contributed by atoms with van der Waals surface area (Å²) >= 11 is 5.89. The zero-order valence-electron chi connectivity index (χ0n) is 12.2. The first kappa shape index (κ1) is 15.2. The number of nitrogens with one attached hydrogen (secondary N) is 1. The topological polar surface area (TPSA) is 55.1 Å². The van der Waals surface area contributed by atoms with E-state index in [1.807, 2.05) is 0 Å². The van der Waals surface area contributed by atoms with Crippen LogP contribution in [0.2, 0.25) is 5.02 Å². The fourth-order valence-electron chi connectivity index (χ4n) is 3.07. The van der Waals surface area contributed by atoms with Crippen LogP contribution in [0.5, 0.6) is 0 Å². The van der Waals surface area contributed by atoms with Crippen LogP contribution < -0.4 is 11.1 Å². The Hall–Kier alpha value is -1.22. The summed E-state index contributed by atoms with van der Waals surface area (Å²) in [7, 11) is 0. The lowest BCUT2D eigenvalue weighted by Crippen LogP contribution is -2.43. The van der Waals surface area contributed by atoms with Gasteiger partial charge in [-0.05, 0) is 42.9 Å². The van der Waals surface area contributed by atoms with Crippen molar-refractivity contribution in [2.24, 2.45) is 11.8 Å². The van der Waals surface area contributed by atoms with E-state index in [4.69, 9.17) is 17.3 Å². The van der Waals surface area contributed by atoms with Crippen LogP contribution in [0.25, 0.3) is 0 Å². The van der Waals surface area contributed by atoms with E-state index in [2.05, 4.69) is 19.2 Å². The highest BCUT2D eigenvalue weighted by molar-refractivity contribution is 6.33. The molecule has 1 fully saturated rings. The third kappa shape index (κ3) is 3.45.